The van der Waals surface area contributed by atoms with E-state index < -0.39 is 0 Å². The molecule has 70 valence electrons. The van der Waals surface area contributed by atoms with Crippen LogP contribution in [0, 0.1) is 11.8 Å². The number of carbonyl (C=O) groups excluding carboxylic acids is 1. The molecular weight excluding hydrogens is 184 g/mol. The van der Waals surface area contributed by atoms with Crippen molar-refractivity contribution >= 4 is 17.4 Å². The van der Waals surface area contributed by atoms with Gasteiger partial charge in [0.1, 0.15) is 0 Å². The SMILES string of the molecule is C[C@H]1C=CCCC2=C(Cl)C(=O)C[C@@H]21. The van der Waals surface area contributed by atoms with E-state index in [2.05, 4.69) is 19.1 Å². The van der Waals surface area contributed by atoms with Crippen LogP contribution in [0.4, 0.5) is 0 Å². The number of Topliss-reactive ketones (excluding diaryl/α,β-unsaturated/α-hetero) is 1. The minimum atomic E-state index is 0.142. The molecule has 0 bridgehead atoms. The van der Waals surface area contributed by atoms with E-state index in [1.165, 1.54) is 5.57 Å². The van der Waals surface area contributed by atoms with Gasteiger partial charge in [0.15, 0.2) is 5.78 Å². The standard InChI is InChI=1S/C11H13ClO/c1-7-4-2-3-5-8-9(7)6-10(13)11(8)12/h2,4,7,9H,3,5-6H2,1H3/t7-,9+/m0/s1. The highest BCUT2D eigenvalue weighted by molar-refractivity contribution is 6.43. The lowest BCUT2D eigenvalue weighted by molar-refractivity contribution is -0.114. The monoisotopic (exact) mass is 196 g/mol. The van der Waals surface area contributed by atoms with E-state index in [1.807, 2.05) is 0 Å². The minimum absolute atomic E-state index is 0.142. The number of hydrogen-bond acceptors (Lipinski definition) is 1. The summed E-state index contributed by atoms with van der Waals surface area (Å²) in [6.45, 7) is 2.16. The Labute approximate surface area is 83.5 Å². The van der Waals surface area contributed by atoms with Crippen molar-refractivity contribution in [2.45, 2.75) is 26.2 Å². The average Bonchev–Trinajstić information content (AvgIpc) is 2.30. The highest BCUT2D eigenvalue weighted by atomic mass is 35.5. The molecule has 0 spiro atoms. The first-order chi connectivity index (χ1) is 6.20. The summed E-state index contributed by atoms with van der Waals surface area (Å²) in [7, 11) is 0. The number of rotatable bonds is 0. The van der Waals surface area contributed by atoms with Crippen LogP contribution in [-0.4, -0.2) is 5.78 Å². The predicted octanol–water partition coefficient (Wildman–Crippen LogP) is 3.05. The van der Waals surface area contributed by atoms with Crippen molar-refractivity contribution < 1.29 is 4.79 Å². The van der Waals surface area contributed by atoms with Gasteiger partial charge in [-0.3, -0.25) is 4.79 Å². The number of hydrogen-bond donors (Lipinski definition) is 0. The molecule has 2 rings (SSSR count). The highest BCUT2D eigenvalue weighted by Gasteiger charge is 2.33. The first kappa shape index (κ1) is 9.01. The minimum Gasteiger partial charge on any atom is -0.293 e. The largest absolute Gasteiger partial charge is 0.293 e. The van der Waals surface area contributed by atoms with Crippen molar-refractivity contribution in [3.8, 4) is 0 Å². The Balaban J connectivity index is 2.34. The maximum atomic E-state index is 11.4. The highest BCUT2D eigenvalue weighted by Crippen LogP contribution is 2.41. The number of allylic oxidation sites excluding steroid dienone is 4. The predicted molar refractivity (Wildman–Crippen MR) is 53.5 cm³/mol. The van der Waals surface area contributed by atoms with Gasteiger partial charge in [-0.05, 0) is 30.3 Å². The van der Waals surface area contributed by atoms with Crippen molar-refractivity contribution in [1.82, 2.24) is 0 Å². The van der Waals surface area contributed by atoms with Gasteiger partial charge in [-0.25, -0.2) is 0 Å². The third kappa shape index (κ3) is 1.46. The number of carbonyl (C=O) groups is 1. The molecule has 0 amide bonds. The first-order valence-electron chi connectivity index (χ1n) is 4.78. The molecule has 0 heterocycles. The lowest BCUT2D eigenvalue weighted by atomic mass is 9.88. The molecule has 0 aromatic carbocycles. The van der Waals surface area contributed by atoms with Crippen molar-refractivity contribution in [1.29, 1.82) is 0 Å². The summed E-state index contributed by atoms with van der Waals surface area (Å²) in [6, 6.07) is 0. The molecule has 2 atom stereocenters. The molecule has 2 aliphatic rings. The molecule has 2 aliphatic carbocycles. The molecule has 0 radical (unpaired) electrons. The molecule has 0 saturated heterocycles. The second kappa shape index (κ2) is 3.30. The van der Waals surface area contributed by atoms with Crippen molar-refractivity contribution in [2.24, 2.45) is 11.8 Å². The van der Waals surface area contributed by atoms with Gasteiger partial charge in [-0.1, -0.05) is 30.7 Å². The summed E-state index contributed by atoms with van der Waals surface area (Å²) >= 11 is 5.98. The van der Waals surface area contributed by atoms with Gasteiger partial charge in [0.2, 0.25) is 0 Å². The van der Waals surface area contributed by atoms with E-state index in [0.29, 0.717) is 23.3 Å². The summed E-state index contributed by atoms with van der Waals surface area (Å²) in [6.07, 6.45) is 7.03. The Hall–Kier alpha value is -0.560. The fourth-order valence-corrected chi connectivity index (χ4v) is 2.55. The van der Waals surface area contributed by atoms with Crippen LogP contribution in [0.3, 0.4) is 0 Å². The smallest absolute Gasteiger partial charge is 0.174 e. The molecule has 0 aromatic rings. The van der Waals surface area contributed by atoms with Crippen LogP contribution < -0.4 is 0 Å². The van der Waals surface area contributed by atoms with E-state index in [1.54, 1.807) is 0 Å². The molecule has 0 aliphatic heterocycles. The zero-order valence-corrected chi connectivity index (χ0v) is 8.47. The maximum absolute atomic E-state index is 11.4. The molecule has 13 heavy (non-hydrogen) atoms. The average molecular weight is 197 g/mol. The van der Waals surface area contributed by atoms with Crippen LogP contribution >= 0.6 is 11.6 Å². The van der Waals surface area contributed by atoms with Gasteiger partial charge >= 0.3 is 0 Å². The fourth-order valence-electron chi connectivity index (χ4n) is 2.24. The van der Waals surface area contributed by atoms with E-state index in [4.69, 9.17) is 11.6 Å². The number of ketones is 1. The quantitative estimate of drug-likeness (QED) is 0.545. The van der Waals surface area contributed by atoms with Gasteiger partial charge in [0.05, 0.1) is 5.03 Å². The third-order valence-corrected chi connectivity index (χ3v) is 3.49. The van der Waals surface area contributed by atoms with Crippen LogP contribution in [0.5, 0.6) is 0 Å². The first-order valence-corrected chi connectivity index (χ1v) is 5.16. The van der Waals surface area contributed by atoms with E-state index in [0.717, 1.165) is 12.8 Å². The Morgan fingerprint density at radius 2 is 2.31 bits per heavy atom. The van der Waals surface area contributed by atoms with Crippen LogP contribution in [0.2, 0.25) is 0 Å². The summed E-state index contributed by atoms with van der Waals surface area (Å²) in [4.78, 5) is 11.4. The van der Waals surface area contributed by atoms with E-state index in [9.17, 15) is 4.79 Å². The Morgan fingerprint density at radius 1 is 1.54 bits per heavy atom. The topological polar surface area (TPSA) is 17.1 Å². The third-order valence-electron chi connectivity index (χ3n) is 3.03. The normalized spacial score (nSPS) is 33.5. The van der Waals surface area contributed by atoms with Crippen molar-refractivity contribution in [3.05, 3.63) is 22.8 Å². The van der Waals surface area contributed by atoms with Crippen LogP contribution in [0.1, 0.15) is 26.2 Å². The zero-order valence-electron chi connectivity index (χ0n) is 7.72. The molecule has 0 fully saturated rings. The molecule has 1 nitrogen and oxygen atoms in total. The number of fused-ring (bicyclic) bond motifs is 1. The summed E-state index contributed by atoms with van der Waals surface area (Å²) in [5, 5.41) is 0.528. The molecule has 0 saturated carbocycles. The second-order valence-corrected chi connectivity index (χ2v) is 4.28. The lowest BCUT2D eigenvalue weighted by Gasteiger charge is -2.15. The molecule has 0 N–H and O–H groups in total. The van der Waals surface area contributed by atoms with Crippen molar-refractivity contribution in [2.75, 3.05) is 0 Å². The maximum Gasteiger partial charge on any atom is 0.174 e. The Morgan fingerprint density at radius 3 is 3.08 bits per heavy atom. The zero-order chi connectivity index (χ0) is 9.42. The van der Waals surface area contributed by atoms with Crippen LogP contribution in [-0.2, 0) is 4.79 Å². The van der Waals surface area contributed by atoms with Crippen LogP contribution in [0.15, 0.2) is 22.8 Å². The van der Waals surface area contributed by atoms with Gasteiger partial charge in [0.25, 0.3) is 0 Å². The summed E-state index contributed by atoms with van der Waals surface area (Å²) in [5.41, 5.74) is 1.20. The van der Waals surface area contributed by atoms with Gasteiger partial charge in [-0.15, -0.1) is 0 Å². The summed E-state index contributed by atoms with van der Waals surface area (Å²) in [5.74, 6) is 1.00. The molecule has 0 unspecified atom stereocenters. The lowest BCUT2D eigenvalue weighted by Crippen LogP contribution is -2.08. The Bertz CT molecular complexity index is 301. The Kier molecular flexibility index (Phi) is 2.29. The van der Waals surface area contributed by atoms with Gasteiger partial charge < -0.3 is 0 Å². The van der Waals surface area contributed by atoms with E-state index in [-0.39, 0.29) is 5.78 Å². The van der Waals surface area contributed by atoms with Crippen LogP contribution in [0.25, 0.3) is 0 Å². The fraction of sp³-hybridized carbons (Fsp3) is 0.545. The summed E-state index contributed by atoms with van der Waals surface area (Å²) < 4.78 is 0. The van der Waals surface area contributed by atoms with Gasteiger partial charge in [-0.2, -0.15) is 0 Å². The van der Waals surface area contributed by atoms with Gasteiger partial charge in [0, 0.05) is 6.42 Å². The van der Waals surface area contributed by atoms with Crippen molar-refractivity contribution in [3.63, 3.8) is 0 Å². The molecule has 0 aromatic heterocycles. The molecular formula is C11H13ClO. The molecule has 2 heteroatoms. The number of halogens is 1. The second-order valence-electron chi connectivity index (χ2n) is 3.90. The van der Waals surface area contributed by atoms with E-state index >= 15 is 0 Å².